The van der Waals surface area contributed by atoms with Crippen molar-refractivity contribution in [3.63, 3.8) is 0 Å². The molecule has 0 aromatic heterocycles. The Balaban J connectivity index is 2.14. The van der Waals surface area contributed by atoms with Crippen molar-refractivity contribution in [1.82, 2.24) is 9.03 Å². The molecule has 0 amide bonds. The molecule has 1 heterocycles. The minimum Gasteiger partial charge on any atom is -0.480 e. The first-order valence-electron chi connectivity index (χ1n) is 6.12. The first-order valence-corrected chi connectivity index (χ1v) is 7.56. The molecule has 0 saturated carbocycles. The van der Waals surface area contributed by atoms with Crippen LogP contribution in [0.4, 0.5) is 0 Å². The lowest BCUT2D eigenvalue weighted by molar-refractivity contribution is -0.139. The molecule has 1 aliphatic heterocycles. The van der Waals surface area contributed by atoms with E-state index < -0.39 is 28.8 Å². The van der Waals surface area contributed by atoms with Crippen LogP contribution >= 0.6 is 0 Å². The molecule has 0 aliphatic carbocycles. The zero-order valence-corrected chi connectivity index (χ0v) is 11.5. The van der Waals surface area contributed by atoms with Crippen LogP contribution in [-0.4, -0.2) is 48.1 Å². The van der Waals surface area contributed by atoms with Gasteiger partial charge in [-0.25, -0.2) is 0 Å². The van der Waals surface area contributed by atoms with Gasteiger partial charge in [0.05, 0.1) is 6.61 Å². The smallest absolute Gasteiger partial charge is 0.324 e. The van der Waals surface area contributed by atoms with E-state index in [0.717, 1.165) is 11.1 Å². The van der Waals surface area contributed by atoms with Crippen LogP contribution in [0.5, 0.6) is 0 Å². The third-order valence-corrected chi connectivity index (χ3v) is 4.78. The Hall–Kier alpha value is -1.48. The van der Waals surface area contributed by atoms with E-state index in [2.05, 4.69) is 0 Å². The van der Waals surface area contributed by atoms with Gasteiger partial charge in [-0.3, -0.25) is 4.79 Å². The van der Waals surface area contributed by atoms with Crippen LogP contribution < -0.4 is 4.72 Å². The van der Waals surface area contributed by atoms with Crippen LogP contribution in [0.1, 0.15) is 11.1 Å². The number of nitrogens with one attached hydrogen (secondary N) is 1. The van der Waals surface area contributed by atoms with E-state index in [1.807, 2.05) is 29.0 Å². The quantitative estimate of drug-likeness (QED) is 0.668. The number of fused-ring (bicyclic) bond motifs is 1. The molecule has 0 unspecified atom stereocenters. The van der Waals surface area contributed by atoms with Crippen molar-refractivity contribution in [1.29, 1.82) is 0 Å². The maximum atomic E-state index is 12.1. The van der Waals surface area contributed by atoms with Gasteiger partial charge in [0.25, 0.3) is 10.2 Å². The molecule has 0 radical (unpaired) electrons. The first kappa shape index (κ1) is 14.9. The minimum atomic E-state index is -3.94. The van der Waals surface area contributed by atoms with Crippen LogP contribution in [0.15, 0.2) is 24.3 Å². The number of aliphatic carboxylic acids is 1. The normalized spacial score (nSPS) is 17.4. The fourth-order valence-corrected chi connectivity index (χ4v) is 3.42. The van der Waals surface area contributed by atoms with Crippen molar-refractivity contribution in [2.24, 2.45) is 0 Å². The number of hydrogen-bond acceptors (Lipinski definition) is 4. The molecule has 2 rings (SSSR count). The second-order valence-electron chi connectivity index (χ2n) is 4.55. The Morgan fingerprint density at radius 1 is 1.35 bits per heavy atom. The molecule has 110 valence electrons. The predicted molar refractivity (Wildman–Crippen MR) is 71.1 cm³/mol. The van der Waals surface area contributed by atoms with Gasteiger partial charge in [-0.15, -0.1) is 0 Å². The van der Waals surface area contributed by atoms with Crippen molar-refractivity contribution in [3.8, 4) is 0 Å². The van der Waals surface area contributed by atoms with Crippen molar-refractivity contribution in [3.05, 3.63) is 35.4 Å². The van der Waals surface area contributed by atoms with Gasteiger partial charge in [0.1, 0.15) is 6.04 Å². The SMILES string of the molecule is O=C(O)[C@@H](CO)NS(=O)(=O)N1CCc2ccccc2C1. The van der Waals surface area contributed by atoms with E-state index in [-0.39, 0.29) is 13.1 Å². The lowest BCUT2D eigenvalue weighted by atomic mass is 10.0. The van der Waals surface area contributed by atoms with Crippen LogP contribution in [0.3, 0.4) is 0 Å². The first-order chi connectivity index (χ1) is 9.44. The molecule has 8 heteroatoms. The number of aliphatic hydroxyl groups excluding tert-OH is 1. The van der Waals surface area contributed by atoms with Gasteiger partial charge in [0.15, 0.2) is 0 Å². The topological polar surface area (TPSA) is 107 Å². The summed E-state index contributed by atoms with van der Waals surface area (Å²) in [5, 5.41) is 17.7. The van der Waals surface area contributed by atoms with E-state index in [9.17, 15) is 13.2 Å². The Bertz CT molecular complexity index is 602. The monoisotopic (exact) mass is 300 g/mol. The summed E-state index contributed by atoms with van der Waals surface area (Å²) in [5.74, 6) is -1.41. The van der Waals surface area contributed by atoms with Crippen LogP contribution in [0.2, 0.25) is 0 Å². The fraction of sp³-hybridized carbons (Fsp3) is 0.417. The van der Waals surface area contributed by atoms with Crippen molar-refractivity contribution in [2.75, 3.05) is 13.2 Å². The summed E-state index contributed by atoms with van der Waals surface area (Å²) >= 11 is 0. The predicted octanol–water partition coefficient (Wildman–Crippen LogP) is -0.675. The largest absolute Gasteiger partial charge is 0.480 e. The number of rotatable bonds is 5. The lowest BCUT2D eigenvalue weighted by Crippen LogP contribution is -2.50. The number of carbonyl (C=O) groups is 1. The van der Waals surface area contributed by atoms with E-state index in [0.29, 0.717) is 6.42 Å². The molecule has 1 aromatic carbocycles. The molecule has 20 heavy (non-hydrogen) atoms. The zero-order valence-electron chi connectivity index (χ0n) is 10.7. The Labute approximate surface area is 117 Å². The Kier molecular flexibility index (Phi) is 4.39. The highest BCUT2D eigenvalue weighted by Crippen LogP contribution is 2.20. The summed E-state index contributed by atoms with van der Waals surface area (Å²) in [6.45, 7) is -0.313. The van der Waals surface area contributed by atoms with Crippen LogP contribution in [0, 0.1) is 0 Å². The number of carboxylic acid groups (broad SMARTS) is 1. The highest BCUT2D eigenvalue weighted by molar-refractivity contribution is 7.87. The molecule has 0 fully saturated rings. The summed E-state index contributed by atoms with van der Waals surface area (Å²) in [7, 11) is -3.94. The summed E-state index contributed by atoms with van der Waals surface area (Å²) in [4.78, 5) is 10.8. The van der Waals surface area contributed by atoms with Crippen LogP contribution in [0.25, 0.3) is 0 Å². The van der Waals surface area contributed by atoms with Gasteiger partial charge in [0, 0.05) is 13.1 Å². The molecule has 1 atom stereocenters. The maximum absolute atomic E-state index is 12.1. The number of nitrogens with zero attached hydrogens (tertiary/aromatic N) is 1. The van der Waals surface area contributed by atoms with Gasteiger partial charge in [0.2, 0.25) is 0 Å². The molecule has 0 bridgehead atoms. The number of carboxylic acids is 1. The summed E-state index contributed by atoms with van der Waals surface area (Å²) in [6.07, 6.45) is 0.577. The van der Waals surface area contributed by atoms with E-state index in [1.165, 1.54) is 4.31 Å². The fourth-order valence-electron chi connectivity index (χ4n) is 2.10. The van der Waals surface area contributed by atoms with E-state index >= 15 is 0 Å². The number of aliphatic hydroxyl groups is 1. The van der Waals surface area contributed by atoms with Gasteiger partial charge in [-0.2, -0.15) is 17.4 Å². The highest BCUT2D eigenvalue weighted by atomic mass is 32.2. The minimum absolute atomic E-state index is 0.198. The molecular weight excluding hydrogens is 284 g/mol. The third kappa shape index (κ3) is 3.15. The summed E-state index contributed by atoms with van der Waals surface area (Å²) in [5.41, 5.74) is 2.00. The average Bonchev–Trinajstić information content (AvgIpc) is 2.44. The van der Waals surface area contributed by atoms with Gasteiger partial charge >= 0.3 is 5.97 Å². The molecule has 1 aromatic rings. The van der Waals surface area contributed by atoms with Crippen molar-refractivity contribution >= 4 is 16.2 Å². The third-order valence-electron chi connectivity index (χ3n) is 3.21. The van der Waals surface area contributed by atoms with Gasteiger partial charge in [-0.1, -0.05) is 24.3 Å². The molecule has 1 aliphatic rings. The molecular formula is C12H16N2O5S. The van der Waals surface area contributed by atoms with Gasteiger partial charge < -0.3 is 10.2 Å². The molecule has 0 spiro atoms. The second-order valence-corrected chi connectivity index (χ2v) is 6.25. The lowest BCUT2D eigenvalue weighted by Gasteiger charge is -2.28. The van der Waals surface area contributed by atoms with E-state index in [4.69, 9.17) is 10.2 Å². The summed E-state index contributed by atoms with van der Waals surface area (Å²) in [6, 6.07) is 5.99. The number of benzene rings is 1. The van der Waals surface area contributed by atoms with Crippen molar-refractivity contribution in [2.45, 2.75) is 19.0 Å². The Morgan fingerprint density at radius 3 is 2.60 bits per heavy atom. The molecule has 7 nitrogen and oxygen atoms in total. The zero-order chi connectivity index (χ0) is 14.8. The summed E-state index contributed by atoms with van der Waals surface area (Å²) < 4.78 is 27.4. The number of hydrogen-bond donors (Lipinski definition) is 3. The average molecular weight is 300 g/mol. The second kappa shape index (κ2) is 5.88. The van der Waals surface area contributed by atoms with Crippen molar-refractivity contribution < 1.29 is 23.4 Å². The van der Waals surface area contributed by atoms with Gasteiger partial charge in [-0.05, 0) is 17.5 Å². The molecule has 0 saturated heterocycles. The van der Waals surface area contributed by atoms with Crippen LogP contribution in [-0.2, 0) is 28.0 Å². The molecule has 3 N–H and O–H groups in total. The Morgan fingerprint density at radius 2 is 2.00 bits per heavy atom. The highest BCUT2D eigenvalue weighted by Gasteiger charge is 2.30. The maximum Gasteiger partial charge on any atom is 0.324 e. The standard InChI is InChI=1S/C12H16N2O5S/c15-8-11(12(16)17)13-20(18,19)14-6-5-9-3-1-2-4-10(9)7-14/h1-4,11,13,15H,5-8H2,(H,16,17)/t11-/m1/s1. The van der Waals surface area contributed by atoms with E-state index in [1.54, 1.807) is 0 Å².